The molecule has 8 heteroatoms. The normalized spacial score (nSPS) is 15.5. The van der Waals surface area contributed by atoms with Crippen molar-refractivity contribution in [2.75, 3.05) is 20.2 Å². The van der Waals surface area contributed by atoms with E-state index in [0.29, 0.717) is 39.4 Å². The summed E-state index contributed by atoms with van der Waals surface area (Å²) in [7, 11) is 1.61. The molecule has 0 bridgehead atoms. The minimum atomic E-state index is -0.644. The Morgan fingerprint density at radius 3 is 2.53 bits per heavy atom. The van der Waals surface area contributed by atoms with Gasteiger partial charge in [0.25, 0.3) is 11.5 Å². The van der Waals surface area contributed by atoms with Gasteiger partial charge in [0.1, 0.15) is 11.8 Å². The van der Waals surface area contributed by atoms with Crippen LogP contribution in [0, 0.1) is 0 Å². The zero-order valence-electron chi connectivity index (χ0n) is 22.4. The number of amides is 1. The number of aryl methyl sites for hydroxylation is 1. The van der Waals surface area contributed by atoms with Crippen molar-refractivity contribution in [1.29, 1.82) is 0 Å². The fourth-order valence-electron chi connectivity index (χ4n) is 5.26. The Balaban J connectivity index is 1.77. The van der Waals surface area contributed by atoms with E-state index in [2.05, 4.69) is 29.8 Å². The predicted molar refractivity (Wildman–Crippen MR) is 152 cm³/mol. The topological polar surface area (TPSA) is 68.8 Å². The Hall–Kier alpha value is -3.91. The van der Waals surface area contributed by atoms with Gasteiger partial charge in [0.2, 0.25) is 0 Å². The molecule has 1 aliphatic heterocycles. The Kier molecular flexibility index (Phi) is 7.08. The van der Waals surface area contributed by atoms with Crippen LogP contribution in [0.1, 0.15) is 44.9 Å². The van der Waals surface area contributed by atoms with Crippen LogP contribution in [0.5, 0.6) is 5.75 Å². The molecule has 196 valence electrons. The molecule has 0 aliphatic carbocycles. The molecule has 0 unspecified atom stereocenters. The molecule has 0 saturated carbocycles. The van der Waals surface area contributed by atoms with E-state index in [1.807, 2.05) is 63.2 Å². The third-order valence-corrected chi connectivity index (χ3v) is 8.17. The molecule has 0 radical (unpaired) electrons. The lowest BCUT2D eigenvalue weighted by Gasteiger charge is -2.29. The number of para-hydroxylation sites is 2. The number of benzene rings is 2. The van der Waals surface area contributed by atoms with Crippen molar-refractivity contribution >= 4 is 34.2 Å². The summed E-state index contributed by atoms with van der Waals surface area (Å²) in [5, 5.41) is 1.09. The van der Waals surface area contributed by atoms with Crippen LogP contribution in [0.25, 0.3) is 17.0 Å². The molecule has 0 saturated heterocycles. The van der Waals surface area contributed by atoms with Crippen LogP contribution in [0.2, 0.25) is 0 Å². The Labute approximate surface area is 225 Å². The number of hydrogen-bond acceptors (Lipinski definition) is 5. The summed E-state index contributed by atoms with van der Waals surface area (Å²) in [4.78, 5) is 35.0. The van der Waals surface area contributed by atoms with E-state index in [1.165, 1.54) is 11.3 Å². The SMILES string of the molecule is CCN(CC)C(=O)C1=C(C)N=c2s/c(=C/c3cn(CC)c4ccccc34)c(=O)n2[C@H]1c1ccccc1OC. The molecule has 2 aromatic carbocycles. The number of allylic oxidation sites excluding steroid dienone is 1. The van der Waals surface area contributed by atoms with Crippen molar-refractivity contribution in [2.24, 2.45) is 4.99 Å². The first-order valence-electron chi connectivity index (χ1n) is 13.0. The lowest BCUT2D eigenvalue weighted by atomic mass is 9.94. The van der Waals surface area contributed by atoms with Gasteiger partial charge >= 0.3 is 0 Å². The lowest BCUT2D eigenvalue weighted by Crippen LogP contribution is -2.43. The maximum atomic E-state index is 14.1. The number of nitrogens with zero attached hydrogens (tertiary/aromatic N) is 4. The lowest BCUT2D eigenvalue weighted by molar-refractivity contribution is -0.127. The molecule has 5 rings (SSSR count). The van der Waals surface area contributed by atoms with E-state index in [0.717, 1.165) is 28.6 Å². The number of rotatable bonds is 7. The van der Waals surface area contributed by atoms with Gasteiger partial charge in [-0.1, -0.05) is 47.7 Å². The van der Waals surface area contributed by atoms with Crippen molar-refractivity contribution in [3.63, 3.8) is 0 Å². The van der Waals surface area contributed by atoms with E-state index >= 15 is 0 Å². The van der Waals surface area contributed by atoms with Gasteiger partial charge < -0.3 is 14.2 Å². The molecule has 0 N–H and O–H groups in total. The molecule has 7 nitrogen and oxygen atoms in total. The zero-order chi connectivity index (χ0) is 27.0. The highest BCUT2D eigenvalue weighted by atomic mass is 32.1. The highest BCUT2D eigenvalue weighted by Gasteiger charge is 2.35. The second-order valence-corrected chi connectivity index (χ2v) is 10.2. The smallest absolute Gasteiger partial charge is 0.271 e. The van der Waals surface area contributed by atoms with Crippen LogP contribution in [0.15, 0.2) is 75.8 Å². The third kappa shape index (κ3) is 4.19. The number of likely N-dealkylation sites (N-methyl/N-ethyl adjacent to an activating group) is 1. The second kappa shape index (κ2) is 10.5. The van der Waals surface area contributed by atoms with Crippen LogP contribution in [0.3, 0.4) is 0 Å². The van der Waals surface area contributed by atoms with Crippen molar-refractivity contribution in [2.45, 2.75) is 40.3 Å². The van der Waals surface area contributed by atoms with Gasteiger partial charge in [0.15, 0.2) is 4.80 Å². The maximum absolute atomic E-state index is 14.1. The highest BCUT2D eigenvalue weighted by Crippen LogP contribution is 2.36. The summed E-state index contributed by atoms with van der Waals surface area (Å²) in [6.45, 7) is 9.83. The number of fused-ring (bicyclic) bond motifs is 2. The maximum Gasteiger partial charge on any atom is 0.271 e. The largest absolute Gasteiger partial charge is 0.496 e. The number of hydrogen-bond donors (Lipinski definition) is 0. The summed E-state index contributed by atoms with van der Waals surface area (Å²) in [5.41, 5.74) is 3.82. The van der Waals surface area contributed by atoms with E-state index in [9.17, 15) is 9.59 Å². The Morgan fingerprint density at radius 2 is 1.82 bits per heavy atom. The van der Waals surface area contributed by atoms with Gasteiger partial charge in [-0.3, -0.25) is 14.2 Å². The monoisotopic (exact) mass is 528 g/mol. The Bertz CT molecular complexity index is 1740. The molecule has 4 aromatic rings. The van der Waals surface area contributed by atoms with Crippen LogP contribution < -0.4 is 19.6 Å². The van der Waals surface area contributed by atoms with E-state index in [-0.39, 0.29) is 11.5 Å². The van der Waals surface area contributed by atoms with Crippen LogP contribution in [-0.4, -0.2) is 40.1 Å². The van der Waals surface area contributed by atoms with Crippen LogP contribution in [-0.2, 0) is 11.3 Å². The van der Waals surface area contributed by atoms with Gasteiger partial charge in [-0.25, -0.2) is 4.99 Å². The van der Waals surface area contributed by atoms with Crippen molar-refractivity contribution < 1.29 is 9.53 Å². The quantitative estimate of drug-likeness (QED) is 0.363. The molecule has 1 amide bonds. The van der Waals surface area contributed by atoms with E-state index < -0.39 is 6.04 Å². The summed E-state index contributed by atoms with van der Waals surface area (Å²) in [6, 6.07) is 15.1. The van der Waals surface area contributed by atoms with E-state index in [1.54, 1.807) is 16.6 Å². The predicted octanol–water partition coefficient (Wildman–Crippen LogP) is 4.09. The molecular weight excluding hydrogens is 496 g/mol. The number of carbonyl (C=O) groups excluding carboxylic acids is 1. The van der Waals surface area contributed by atoms with Crippen molar-refractivity contribution in [3.8, 4) is 5.75 Å². The summed E-state index contributed by atoms with van der Waals surface area (Å²) < 4.78 is 10.1. The number of thiazole rings is 1. The van der Waals surface area contributed by atoms with Crippen molar-refractivity contribution in [1.82, 2.24) is 14.0 Å². The van der Waals surface area contributed by atoms with Gasteiger partial charge in [0.05, 0.1) is 22.9 Å². The van der Waals surface area contributed by atoms with Crippen molar-refractivity contribution in [3.05, 3.63) is 96.8 Å². The average molecular weight is 529 g/mol. The number of methoxy groups -OCH3 is 1. The molecule has 1 atom stereocenters. The molecule has 3 heterocycles. The highest BCUT2D eigenvalue weighted by molar-refractivity contribution is 7.07. The first-order valence-corrected chi connectivity index (χ1v) is 13.8. The minimum absolute atomic E-state index is 0.118. The molecule has 38 heavy (non-hydrogen) atoms. The minimum Gasteiger partial charge on any atom is -0.496 e. The van der Waals surface area contributed by atoms with Gasteiger partial charge in [-0.2, -0.15) is 0 Å². The number of aromatic nitrogens is 2. The summed E-state index contributed by atoms with van der Waals surface area (Å²) >= 11 is 1.35. The second-order valence-electron chi connectivity index (χ2n) is 9.19. The average Bonchev–Trinajstić information content (AvgIpc) is 3.45. The first kappa shape index (κ1) is 25.7. The molecule has 0 fully saturated rings. The number of ether oxygens (including phenoxy) is 1. The van der Waals surface area contributed by atoms with Gasteiger partial charge in [-0.15, -0.1) is 0 Å². The van der Waals surface area contributed by atoms with Gasteiger partial charge in [0, 0.05) is 47.9 Å². The standard InChI is InChI=1S/C30H32N4O3S/c1-6-32(7-2)29(36)26-19(4)31-30-34(27(26)22-14-10-12-16-24(22)37-5)28(35)25(38-30)17-20-18-33(8-3)23-15-11-9-13-21(20)23/h9-18,27H,6-8H2,1-5H3/b25-17+/t27-/m0/s1. The van der Waals surface area contributed by atoms with Gasteiger partial charge in [-0.05, 0) is 45.9 Å². The molecular formula is C30H32N4O3S. The molecule has 1 aliphatic rings. The molecule has 2 aromatic heterocycles. The molecule has 0 spiro atoms. The Morgan fingerprint density at radius 1 is 1.11 bits per heavy atom. The fraction of sp³-hybridized carbons (Fsp3) is 0.300. The zero-order valence-corrected chi connectivity index (χ0v) is 23.2. The summed E-state index contributed by atoms with van der Waals surface area (Å²) in [6.07, 6.45) is 4.03. The summed E-state index contributed by atoms with van der Waals surface area (Å²) in [5.74, 6) is 0.505. The number of carbonyl (C=O) groups is 1. The fourth-order valence-corrected chi connectivity index (χ4v) is 6.29. The van der Waals surface area contributed by atoms with Crippen LogP contribution >= 0.6 is 11.3 Å². The third-order valence-electron chi connectivity index (χ3n) is 7.18. The van der Waals surface area contributed by atoms with E-state index in [4.69, 9.17) is 9.73 Å². The van der Waals surface area contributed by atoms with Crippen LogP contribution in [0.4, 0.5) is 0 Å². The first-order chi connectivity index (χ1) is 18.4.